The van der Waals surface area contributed by atoms with Crippen molar-refractivity contribution in [2.75, 3.05) is 27.5 Å². The molecule has 0 spiro atoms. The smallest absolute Gasteiger partial charge is 0.308 e. The molecule has 0 amide bonds. The summed E-state index contributed by atoms with van der Waals surface area (Å²) >= 11 is 0. The van der Waals surface area contributed by atoms with E-state index in [0.717, 1.165) is 27.8 Å². The van der Waals surface area contributed by atoms with Gasteiger partial charge in [-0.05, 0) is 44.9 Å². The molecule has 38 heavy (non-hydrogen) atoms. The highest BCUT2D eigenvalue weighted by molar-refractivity contribution is 5.74. The number of piperazine rings is 1. The fourth-order valence-electron chi connectivity index (χ4n) is 7.34. The van der Waals surface area contributed by atoms with E-state index >= 15 is 0 Å². The maximum atomic E-state index is 12.2. The molecule has 3 N–H and O–H groups in total. The predicted octanol–water partition coefficient (Wildman–Crippen LogP) is 2.40. The number of benzene rings is 2. The Labute approximate surface area is 221 Å². The molecule has 2 bridgehead atoms. The summed E-state index contributed by atoms with van der Waals surface area (Å²) in [5.74, 6) is 1.75. The minimum absolute atomic E-state index is 0.0585. The number of rotatable bonds is 3. The first-order valence-electron chi connectivity index (χ1n) is 12.8. The normalized spacial score (nSPS) is 27.1. The molecule has 5 atom stereocenters. The van der Waals surface area contributed by atoms with Crippen molar-refractivity contribution in [2.45, 2.75) is 63.8 Å². The summed E-state index contributed by atoms with van der Waals surface area (Å²) in [5, 5.41) is 22.0. The van der Waals surface area contributed by atoms with Crippen LogP contribution in [0.5, 0.6) is 28.7 Å². The molecule has 0 radical (unpaired) electrons. The van der Waals surface area contributed by atoms with E-state index < -0.39 is 12.0 Å². The quantitative estimate of drug-likeness (QED) is 0.459. The van der Waals surface area contributed by atoms with Crippen LogP contribution in [0.3, 0.4) is 0 Å². The van der Waals surface area contributed by atoms with Crippen LogP contribution < -0.4 is 24.7 Å². The van der Waals surface area contributed by atoms with Crippen molar-refractivity contribution in [1.82, 2.24) is 9.80 Å². The fraction of sp³-hybridized carbons (Fsp3) is 0.500. The summed E-state index contributed by atoms with van der Waals surface area (Å²) in [5.41, 5.74) is 11.5. The number of ether oxygens (including phenoxy) is 4. The zero-order valence-corrected chi connectivity index (χ0v) is 22.2. The van der Waals surface area contributed by atoms with Gasteiger partial charge >= 0.3 is 5.97 Å². The van der Waals surface area contributed by atoms with Crippen molar-refractivity contribution >= 4 is 5.97 Å². The number of phenolic OH excluding ortho intramolecular Hbond substituents is 1. The Morgan fingerprint density at radius 2 is 1.95 bits per heavy atom. The number of aromatic hydroxyl groups is 1. The zero-order valence-electron chi connectivity index (χ0n) is 22.2. The van der Waals surface area contributed by atoms with Gasteiger partial charge in [0.2, 0.25) is 6.79 Å². The Kier molecular flexibility index (Phi) is 5.72. The van der Waals surface area contributed by atoms with Crippen LogP contribution in [-0.2, 0) is 17.6 Å². The number of hydrogen-bond donors (Lipinski definition) is 2. The highest BCUT2D eigenvalue weighted by Gasteiger charge is 2.56. The Balaban J connectivity index is 1.62. The summed E-state index contributed by atoms with van der Waals surface area (Å²) < 4.78 is 23.1. The van der Waals surface area contributed by atoms with Crippen molar-refractivity contribution in [3.05, 3.63) is 39.4 Å². The van der Waals surface area contributed by atoms with Gasteiger partial charge in [-0.25, -0.2) is 0 Å². The molecule has 0 aliphatic carbocycles. The number of nitriles is 1. The second kappa shape index (κ2) is 8.76. The van der Waals surface area contributed by atoms with Gasteiger partial charge in [0, 0.05) is 47.8 Å². The molecule has 6 rings (SSSR count). The van der Waals surface area contributed by atoms with Gasteiger partial charge < -0.3 is 29.8 Å². The molecule has 0 aromatic heterocycles. The summed E-state index contributed by atoms with van der Waals surface area (Å²) in [7, 11) is 3.57. The predicted molar refractivity (Wildman–Crippen MR) is 137 cm³/mol. The van der Waals surface area contributed by atoms with Crippen LogP contribution in [0.4, 0.5) is 0 Å². The van der Waals surface area contributed by atoms with Gasteiger partial charge in [-0.15, -0.1) is 0 Å². The molecule has 1 saturated heterocycles. The van der Waals surface area contributed by atoms with E-state index in [1.165, 1.54) is 6.92 Å². The number of nitrogens with zero attached hydrogens (tertiary/aromatic N) is 3. The number of aryl methyl sites for hydroxylation is 1. The first-order valence-corrected chi connectivity index (χ1v) is 12.8. The molecule has 4 heterocycles. The summed E-state index contributed by atoms with van der Waals surface area (Å²) in [6.07, 6.45) is 1.07. The van der Waals surface area contributed by atoms with Gasteiger partial charge in [-0.2, -0.15) is 5.26 Å². The van der Waals surface area contributed by atoms with Crippen LogP contribution in [0.15, 0.2) is 6.07 Å². The largest absolute Gasteiger partial charge is 0.504 e. The van der Waals surface area contributed by atoms with Crippen molar-refractivity contribution in [1.29, 1.82) is 5.26 Å². The lowest BCUT2D eigenvalue weighted by Crippen LogP contribution is -2.68. The number of likely N-dealkylation sites (N-methyl/N-ethyl adjacent to an activating group) is 1. The lowest BCUT2D eigenvalue weighted by Gasteiger charge is -2.59. The van der Waals surface area contributed by atoms with E-state index in [-0.39, 0.29) is 43.3 Å². The number of phenols is 1. The minimum Gasteiger partial charge on any atom is -0.504 e. The van der Waals surface area contributed by atoms with Crippen molar-refractivity contribution < 1.29 is 28.8 Å². The summed E-state index contributed by atoms with van der Waals surface area (Å²) in [6.45, 7) is 5.42. The number of carbonyl (C=O) groups excluding carboxylic acids is 1. The first kappa shape index (κ1) is 24.8. The second-order valence-corrected chi connectivity index (χ2v) is 10.6. The van der Waals surface area contributed by atoms with Crippen LogP contribution in [0.1, 0.15) is 52.4 Å². The number of hydrogen-bond acceptors (Lipinski definition) is 10. The van der Waals surface area contributed by atoms with Crippen molar-refractivity contribution in [3.63, 3.8) is 0 Å². The molecule has 0 saturated carbocycles. The molecule has 10 nitrogen and oxygen atoms in total. The molecule has 4 aliphatic heterocycles. The molecule has 2 aromatic rings. The molecule has 1 fully saturated rings. The van der Waals surface area contributed by atoms with Crippen LogP contribution in [0.2, 0.25) is 0 Å². The maximum Gasteiger partial charge on any atom is 0.308 e. The topological polar surface area (TPSA) is 131 Å². The van der Waals surface area contributed by atoms with Crippen LogP contribution in [-0.4, -0.2) is 66.5 Å². The molecule has 0 unspecified atom stereocenters. The Hall–Kier alpha value is -3.52. The van der Waals surface area contributed by atoms with Gasteiger partial charge in [0.05, 0.1) is 25.3 Å². The minimum atomic E-state index is -0.461. The summed E-state index contributed by atoms with van der Waals surface area (Å²) in [6, 6.07) is 3.20. The average molecular weight is 521 g/mol. The zero-order chi connectivity index (χ0) is 27.0. The molecular weight excluding hydrogens is 488 g/mol. The number of esters is 1. The Morgan fingerprint density at radius 3 is 2.61 bits per heavy atom. The highest BCUT2D eigenvalue weighted by Crippen LogP contribution is 2.58. The van der Waals surface area contributed by atoms with Gasteiger partial charge in [-0.1, -0.05) is 6.07 Å². The maximum absolute atomic E-state index is 12.2. The Morgan fingerprint density at radius 1 is 1.21 bits per heavy atom. The van der Waals surface area contributed by atoms with E-state index in [2.05, 4.69) is 21.9 Å². The van der Waals surface area contributed by atoms with Crippen molar-refractivity contribution in [2.24, 2.45) is 5.73 Å². The molecule has 10 heteroatoms. The van der Waals surface area contributed by atoms with Crippen molar-refractivity contribution in [3.8, 4) is 34.8 Å². The van der Waals surface area contributed by atoms with E-state index in [1.54, 1.807) is 7.11 Å². The molecule has 2 aromatic carbocycles. The van der Waals surface area contributed by atoms with Crippen LogP contribution in [0.25, 0.3) is 0 Å². The number of fused-ring (bicyclic) bond motifs is 9. The number of nitrogens with two attached hydrogens (primary N) is 1. The standard InChI is InChI=1S/C28H32N4O6/c1-12-6-15-7-17-19(9-29)32-18(23(31(17)4)21(15)24(34)25(12)35-5)8-16-22(20(32)10-30)28-27(36-11-37-28)13(2)26(16)38-14(3)33/h6,17-20,23,34H,7-8,10-11,30H2,1-5H3/t17-,18+,19+,20+,23+/m1/s1. The fourth-order valence-corrected chi connectivity index (χ4v) is 7.34. The monoisotopic (exact) mass is 520 g/mol. The van der Waals surface area contributed by atoms with Crippen LogP contribution in [0, 0.1) is 25.2 Å². The third-order valence-electron chi connectivity index (χ3n) is 8.73. The third-order valence-corrected chi connectivity index (χ3v) is 8.73. The third kappa shape index (κ3) is 3.19. The van der Waals surface area contributed by atoms with E-state index in [4.69, 9.17) is 24.7 Å². The molecule has 200 valence electrons. The van der Waals surface area contributed by atoms with Gasteiger partial charge in [0.15, 0.2) is 23.0 Å². The van der Waals surface area contributed by atoms with E-state index in [0.29, 0.717) is 41.4 Å². The van der Waals surface area contributed by atoms with Gasteiger partial charge in [0.25, 0.3) is 0 Å². The molecular formula is C28H32N4O6. The van der Waals surface area contributed by atoms with Gasteiger partial charge in [-0.3, -0.25) is 14.6 Å². The average Bonchev–Trinajstić information content (AvgIpc) is 3.36. The highest BCUT2D eigenvalue weighted by atomic mass is 16.7. The number of methoxy groups -OCH3 is 1. The lowest BCUT2D eigenvalue weighted by molar-refractivity contribution is -0.132. The SMILES string of the molecule is COc1c(C)cc2c(c1O)[C@@H]1[C@@H]3Cc4c(OC(C)=O)c(C)c5c(c4[C@H](CN)N3[C@@H](C#N)[C@@H](C2)N1C)OCO5. The first-order chi connectivity index (χ1) is 18.2. The molecule has 4 aliphatic rings. The van der Waals surface area contributed by atoms with E-state index in [1.807, 2.05) is 20.9 Å². The van der Waals surface area contributed by atoms with Crippen LogP contribution >= 0.6 is 0 Å². The van der Waals surface area contributed by atoms with Gasteiger partial charge in [0.1, 0.15) is 11.8 Å². The second-order valence-electron chi connectivity index (χ2n) is 10.6. The summed E-state index contributed by atoms with van der Waals surface area (Å²) in [4.78, 5) is 16.6. The lowest BCUT2D eigenvalue weighted by atomic mass is 9.71. The van der Waals surface area contributed by atoms with E-state index in [9.17, 15) is 15.2 Å². The Bertz CT molecular complexity index is 1400. The number of carbonyl (C=O) groups is 1.